The minimum Gasteiger partial charge on any atom is -0.309 e. The molecule has 0 unspecified atom stereocenters. The van der Waals surface area contributed by atoms with Gasteiger partial charge in [0, 0.05) is 5.69 Å². The third kappa shape index (κ3) is 5.48. The number of anilines is 1. The van der Waals surface area contributed by atoms with Gasteiger partial charge in [-0.25, -0.2) is 13.4 Å². The predicted molar refractivity (Wildman–Crippen MR) is 114 cm³/mol. The zero-order valence-electron chi connectivity index (χ0n) is 14.9. The van der Waals surface area contributed by atoms with Crippen molar-refractivity contribution in [2.45, 2.75) is 23.6 Å². The van der Waals surface area contributed by atoms with Crippen LogP contribution in [0.1, 0.15) is 11.3 Å². The average Bonchev–Trinajstić information content (AvgIpc) is 3.09. The number of sulfonamides is 1. The summed E-state index contributed by atoms with van der Waals surface area (Å²) in [4.78, 5) is 17.1. The molecule has 1 aromatic carbocycles. The summed E-state index contributed by atoms with van der Waals surface area (Å²) in [5.74, 6) is -0.0951. The lowest BCUT2D eigenvalue weighted by molar-refractivity contribution is -0.117. The van der Waals surface area contributed by atoms with E-state index in [4.69, 9.17) is 0 Å². The SMILES string of the molecule is Cc1cccc(NC(=O)[C@H](Cc2ccccc2)NS(=O)(=O)c2ccc(Br)s2)n1. The molecule has 1 atom stereocenters. The van der Waals surface area contributed by atoms with Crippen LogP contribution in [0.3, 0.4) is 0 Å². The first kappa shape index (κ1) is 20.7. The molecule has 3 rings (SSSR count). The first-order valence-corrected chi connectivity index (χ1v) is 11.5. The number of pyridine rings is 1. The average molecular weight is 480 g/mol. The van der Waals surface area contributed by atoms with Gasteiger partial charge in [0.15, 0.2) is 0 Å². The second-order valence-corrected chi connectivity index (χ2v) is 10.5. The van der Waals surface area contributed by atoms with E-state index in [1.165, 1.54) is 6.07 Å². The molecule has 0 saturated carbocycles. The number of aromatic nitrogens is 1. The maximum absolute atomic E-state index is 12.9. The van der Waals surface area contributed by atoms with Gasteiger partial charge in [-0.2, -0.15) is 4.72 Å². The van der Waals surface area contributed by atoms with Crippen molar-refractivity contribution in [2.75, 3.05) is 5.32 Å². The van der Waals surface area contributed by atoms with Crippen LogP contribution in [0.5, 0.6) is 0 Å². The van der Waals surface area contributed by atoms with Gasteiger partial charge in [0.2, 0.25) is 5.91 Å². The van der Waals surface area contributed by atoms with Crippen LogP contribution >= 0.6 is 27.3 Å². The number of amides is 1. The fourth-order valence-corrected chi connectivity index (χ4v) is 5.77. The van der Waals surface area contributed by atoms with Gasteiger partial charge in [0.25, 0.3) is 10.0 Å². The summed E-state index contributed by atoms with van der Waals surface area (Å²) < 4.78 is 28.8. The van der Waals surface area contributed by atoms with Gasteiger partial charge < -0.3 is 5.32 Å². The lowest BCUT2D eigenvalue weighted by Gasteiger charge is -2.18. The molecule has 28 heavy (non-hydrogen) atoms. The van der Waals surface area contributed by atoms with Crippen LogP contribution in [-0.2, 0) is 21.2 Å². The number of hydrogen-bond acceptors (Lipinski definition) is 5. The van der Waals surface area contributed by atoms with E-state index in [9.17, 15) is 13.2 Å². The second-order valence-electron chi connectivity index (χ2n) is 6.08. The summed E-state index contributed by atoms with van der Waals surface area (Å²) in [5, 5.41) is 2.70. The van der Waals surface area contributed by atoms with Crippen LogP contribution in [0.2, 0.25) is 0 Å². The largest absolute Gasteiger partial charge is 0.309 e. The van der Waals surface area contributed by atoms with Crippen molar-refractivity contribution in [2.24, 2.45) is 0 Å². The summed E-state index contributed by atoms with van der Waals surface area (Å²) in [7, 11) is -3.85. The molecule has 0 spiro atoms. The highest BCUT2D eigenvalue weighted by Crippen LogP contribution is 2.26. The predicted octanol–water partition coefficient (Wildman–Crippen LogP) is 3.74. The van der Waals surface area contributed by atoms with Crippen molar-refractivity contribution in [3.63, 3.8) is 0 Å². The monoisotopic (exact) mass is 479 g/mol. The van der Waals surface area contributed by atoms with Crippen molar-refractivity contribution in [3.05, 3.63) is 75.7 Å². The van der Waals surface area contributed by atoms with Crippen LogP contribution in [0, 0.1) is 6.92 Å². The third-order valence-electron chi connectivity index (χ3n) is 3.85. The van der Waals surface area contributed by atoms with E-state index < -0.39 is 22.0 Å². The Morgan fingerprint density at radius 3 is 2.50 bits per heavy atom. The maximum atomic E-state index is 12.9. The number of benzene rings is 1. The normalized spacial score (nSPS) is 12.5. The van der Waals surface area contributed by atoms with Crippen molar-refractivity contribution in [1.82, 2.24) is 9.71 Å². The molecule has 146 valence electrons. The Bertz CT molecular complexity index is 1070. The van der Waals surface area contributed by atoms with E-state index in [1.807, 2.05) is 43.3 Å². The van der Waals surface area contributed by atoms with Crippen LogP contribution in [0.4, 0.5) is 5.82 Å². The van der Waals surface area contributed by atoms with Crippen molar-refractivity contribution in [1.29, 1.82) is 0 Å². The molecule has 0 aliphatic carbocycles. The highest BCUT2D eigenvalue weighted by Gasteiger charge is 2.27. The van der Waals surface area contributed by atoms with Crippen LogP contribution in [0.15, 0.2) is 68.7 Å². The lowest BCUT2D eigenvalue weighted by Crippen LogP contribution is -2.45. The van der Waals surface area contributed by atoms with Crippen molar-refractivity contribution >= 4 is 49.0 Å². The van der Waals surface area contributed by atoms with Gasteiger partial charge in [-0.3, -0.25) is 4.79 Å². The summed E-state index contributed by atoms with van der Waals surface area (Å²) in [6.45, 7) is 1.81. The molecule has 2 N–H and O–H groups in total. The fourth-order valence-electron chi connectivity index (χ4n) is 2.55. The Morgan fingerprint density at radius 2 is 1.86 bits per heavy atom. The standard InChI is InChI=1S/C19H18BrN3O3S2/c1-13-6-5-9-17(21-13)22-19(24)15(12-14-7-3-2-4-8-14)23-28(25,26)18-11-10-16(20)27-18/h2-11,15,23H,12H2,1H3,(H,21,22,24)/t15-/m0/s1. The number of nitrogens with zero attached hydrogens (tertiary/aromatic N) is 1. The Balaban J connectivity index is 1.85. The molecule has 0 bridgehead atoms. The zero-order valence-corrected chi connectivity index (χ0v) is 18.1. The molecule has 3 aromatic rings. The summed E-state index contributed by atoms with van der Waals surface area (Å²) >= 11 is 4.35. The van der Waals surface area contributed by atoms with E-state index in [1.54, 1.807) is 18.2 Å². The Hall–Kier alpha value is -2.07. The number of thiophene rings is 1. The number of rotatable bonds is 7. The molecule has 1 amide bonds. The van der Waals surface area contributed by atoms with Gasteiger partial charge in [0.1, 0.15) is 16.1 Å². The van der Waals surface area contributed by atoms with Gasteiger partial charge in [0.05, 0.1) is 3.79 Å². The smallest absolute Gasteiger partial charge is 0.250 e. The molecular formula is C19H18BrN3O3S2. The molecule has 2 aromatic heterocycles. The van der Waals surface area contributed by atoms with Crippen LogP contribution < -0.4 is 10.0 Å². The first-order chi connectivity index (χ1) is 13.3. The fraction of sp³-hybridized carbons (Fsp3) is 0.158. The topological polar surface area (TPSA) is 88.2 Å². The van der Waals surface area contributed by atoms with Gasteiger partial charge in [-0.15, -0.1) is 11.3 Å². The maximum Gasteiger partial charge on any atom is 0.250 e. The first-order valence-electron chi connectivity index (χ1n) is 8.39. The molecule has 0 radical (unpaired) electrons. The van der Waals surface area contributed by atoms with E-state index in [0.29, 0.717) is 9.60 Å². The van der Waals surface area contributed by atoms with Crippen molar-refractivity contribution in [3.8, 4) is 0 Å². The summed E-state index contributed by atoms with van der Waals surface area (Å²) in [6, 6.07) is 16.7. The highest BCUT2D eigenvalue weighted by molar-refractivity contribution is 9.11. The number of aryl methyl sites for hydroxylation is 1. The summed E-state index contributed by atoms with van der Waals surface area (Å²) in [5.41, 5.74) is 1.59. The Morgan fingerprint density at radius 1 is 1.11 bits per heavy atom. The number of hydrogen-bond donors (Lipinski definition) is 2. The number of carbonyl (C=O) groups is 1. The van der Waals surface area contributed by atoms with E-state index in [-0.39, 0.29) is 10.6 Å². The molecular weight excluding hydrogens is 462 g/mol. The number of carbonyl (C=O) groups excluding carboxylic acids is 1. The third-order valence-corrected chi connectivity index (χ3v) is 7.44. The van der Waals surface area contributed by atoms with Gasteiger partial charge in [-0.05, 0) is 59.1 Å². The molecule has 0 saturated heterocycles. The molecule has 0 aliphatic heterocycles. The molecule has 0 aliphatic rings. The number of halogens is 1. The van der Waals surface area contributed by atoms with E-state index in [0.717, 1.165) is 22.6 Å². The minimum absolute atomic E-state index is 0.138. The van der Waals surface area contributed by atoms with Crippen molar-refractivity contribution < 1.29 is 13.2 Å². The van der Waals surface area contributed by atoms with E-state index >= 15 is 0 Å². The van der Waals surface area contributed by atoms with Gasteiger partial charge in [-0.1, -0.05) is 36.4 Å². The number of nitrogens with one attached hydrogen (secondary N) is 2. The minimum atomic E-state index is -3.85. The molecule has 2 heterocycles. The van der Waals surface area contributed by atoms with E-state index in [2.05, 4.69) is 31.0 Å². The van der Waals surface area contributed by atoms with Crippen LogP contribution in [-0.4, -0.2) is 25.4 Å². The second kappa shape index (κ2) is 8.95. The van der Waals surface area contributed by atoms with Gasteiger partial charge >= 0.3 is 0 Å². The molecule has 6 nitrogen and oxygen atoms in total. The molecule has 9 heteroatoms. The Kier molecular flexibility index (Phi) is 6.61. The highest BCUT2D eigenvalue weighted by atomic mass is 79.9. The summed E-state index contributed by atoms with van der Waals surface area (Å²) in [6.07, 6.45) is 0.213. The quantitative estimate of drug-likeness (QED) is 0.540. The lowest BCUT2D eigenvalue weighted by atomic mass is 10.1. The van der Waals surface area contributed by atoms with Crippen LogP contribution in [0.25, 0.3) is 0 Å². The Labute approximate surface area is 176 Å². The zero-order chi connectivity index (χ0) is 20.1. The molecule has 0 fully saturated rings.